The van der Waals surface area contributed by atoms with Crippen LogP contribution in [0.2, 0.25) is 0 Å². The summed E-state index contributed by atoms with van der Waals surface area (Å²) in [4.78, 5) is 0. The normalized spacial score (nSPS) is 16.9. The molecule has 0 radical (unpaired) electrons. The number of rotatable bonds is 6. The highest BCUT2D eigenvalue weighted by molar-refractivity contribution is 7.92. The molecule has 0 rings (SSSR count). The summed E-state index contributed by atoms with van der Waals surface area (Å²) in [5.41, 5.74) is 0. The van der Waals surface area contributed by atoms with Gasteiger partial charge in [0.2, 0.25) is 0 Å². The number of hydrogen-bond donors (Lipinski definition) is 0. The van der Waals surface area contributed by atoms with E-state index in [9.17, 15) is 8.42 Å². The number of hydrogen-bond acceptors (Lipinski definition) is 2. The highest BCUT2D eigenvalue weighted by Gasteiger charge is 2.27. The molecule has 0 aliphatic heterocycles. The first-order chi connectivity index (χ1) is 6.00. The van der Waals surface area contributed by atoms with Crippen molar-refractivity contribution in [3.63, 3.8) is 0 Å². The minimum Gasteiger partial charge on any atom is -0.228 e. The Balaban J connectivity index is 4.57. The van der Waals surface area contributed by atoms with Crippen LogP contribution in [-0.4, -0.2) is 18.9 Å². The van der Waals surface area contributed by atoms with Gasteiger partial charge in [-0.2, -0.15) is 0 Å². The van der Waals surface area contributed by atoms with Gasteiger partial charge in [0.15, 0.2) is 9.84 Å². The lowest BCUT2D eigenvalue weighted by Gasteiger charge is -2.19. The molecule has 0 bridgehead atoms. The van der Waals surface area contributed by atoms with Crippen LogP contribution in [0.15, 0.2) is 0 Å². The van der Waals surface area contributed by atoms with Crippen molar-refractivity contribution in [1.29, 1.82) is 0 Å². The van der Waals surface area contributed by atoms with E-state index in [4.69, 9.17) is 0 Å². The molecule has 3 heteroatoms. The van der Waals surface area contributed by atoms with Crippen LogP contribution < -0.4 is 0 Å². The van der Waals surface area contributed by atoms with Crippen molar-refractivity contribution in [2.45, 2.75) is 63.9 Å². The molecule has 0 spiro atoms. The Bertz CT molecular complexity index is 219. The topological polar surface area (TPSA) is 34.1 Å². The molecule has 0 heterocycles. The van der Waals surface area contributed by atoms with Gasteiger partial charge in [0.1, 0.15) is 0 Å². The molecule has 0 amide bonds. The molecule has 0 aromatic carbocycles. The van der Waals surface area contributed by atoms with E-state index >= 15 is 0 Å². The first-order valence-electron chi connectivity index (χ1n) is 5.23. The summed E-state index contributed by atoms with van der Waals surface area (Å²) in [7, 11) is -2.86. The Hall–Kier alpha value is -0.0500. The van der Waals surface area contributed by atoms with Gasteiger partial charge in [-0.15, -0.1) is 0 Å². The van der Waals surface area contributed by atoms with Crippen molar-refractivity contribution in [2.75, 3.05) is 0 Å². The highest BCUT2D eigenvalue weighted by atomic mass is 32.2. The van der Waals surface area contributed by atoms with Crippen LogP contribution in [0.1, 0.15) is 53.4 Å². The van der Waals surface area contributed by atoms with Crippen molar-refractivity contribution >= 4 is 9.84 Å². The zero-order chi connectivity index (χ0) is 10.5. The smallest absolute Gasteiger partial charge is 0.155 e. The minimum absolute atomic E-state index is 0.118. The molecule has 0 fully saturated rings. The van der Waals surface area contributed by atoms with Gasteiger partial charge >= 0.3 is 0 Å². The second kappa shape index (κ2) is 5.63. The van der Waals surface area contributed by atoms with E-state index in [-0.39, 0.29) is 10.5 Å². The fourth-order valence-electron chi connectivity index (χ4n) is 1.48. The van der Waals surface area contributed by atoms with Crippen LogP contribution in [0.3, 0.4) is 0 Å². The lowest BCUT2D eigenvalue weighted by atomic mass is 10.2. The van der Waals surface area contributed by atoms with Gasteiger partial charge in [-0.1, -0.05) is 27.2 Å². The maximum atomic E-state index is 11.9. The molecular weight excluding hydrogens is 184 g/mol. The third-order valence-electron chi connectivity index (χ3n) is 2.67. The summed E-state index contributed by atoms with van der Waals surface area (Å²) in [5, 5.41) is -0.295. The van der Waals surface area contributed by atoms with Crippen LogP contribution in [0, 0.1) is 0 Å². The zero-order valence-corrected chi connectivity index (χ0v) is 10.0. The quantitative estimate of drug-likeness (QED) is 0.669. The fraction of sp³-hybridized carbons (Fsp3) is 1.00. The second-order valence-corrected chi connectivity index (χ2v) is 6.28. The molecule has 0 aliphatic carbocycles. The summed E-state index contributed by atoms with van der Waals surface area (Å²) >= 11 is 0. The monoisotopic (exact) mass is 206 g/mol. The summed E-state index contributed by atoms with van der Waals surface area (Å²) in [6, 6.07) is 0. The van der Waals surface area contributed by atoms with Crippen LogP contribution in [0.25, 0.3) is 0 Å². The molecular formula is C10H22O2S. The molecule has 0 saturated heterocycles. The average Bonchev–Trinajstić information content (AvgIpc) is 2.12. The predicted molar refractivity (Wildman–Crippen MR) is 57.7 cm³/mol. The van der Waals surface area contributed by atoms with E-state index in [1.807, 2.05) is 27.7 Å². The first kappa shape index (κ1) is 12.9. The Morgan fingerprint density at radius 3 is 1.92 bits per heavy atom. The molecule has 0 N–H and O–H groups in total. The summed E-state index contributed by atoms with van der Waals surface area (Å²) < 4.78 is 23.8. The van der Waals surface area contributed by atoms with Gasteiger partial charge in [0.25, 0.3) is 0 Å². The summed E-state index contributed by atoms with van der Waals surface area (Å²) in [5.74, 6) is 0. The Morgan fingerprint density at radius 2 is 1.62 bits per heavy atom. The van der Waals surface area contributed by atoms with Gasteiger partial charge in [-0.3, -0.25) is 0 Å². The molecule has 2 nitrogen and oxygen atoms in total. The minimum atomic E-state index is -2.86. The summed E-state index contributed by atoms with van der Waals surface area (Å²) in [6.45, 7) is 7.74. The van der Waals surface area contributed by atoms with Crippen LogP contribution in [0.4, 0.5) is 0 Å². The lowest BCUT2D eigenvalue weighted by Crippen LogP contribution is -2.29. The van der Waals surface area contributed by atoms with Gasteiger partial charge < -0.3 is 0 Å². The van der Waals surface area contributed by atoms with Gasteiger partial charge in [-0.25, -0.2) is 8.42 Å². The maximum Gasteiger partial charge on any atom is 0.155 e. The van der Waals surface area contributed by atoms with Crippen LogP contribution in [-0.2, 0) is 9.84 Å². The average molecular weight is 206 g/mol. The second-order valence-electron chi connectivity index (χ2n) is 3.63. The molecule has 80 valence electrons. The van der Waals surface area contributed by atoms with E-state index in [0.717, 1.165) is 25.7 Å². The summed E-state index contributed by atoms with van der Waals surface area (Å²) in [6.07, 6.45) is 3.24. The van der Waals surface area contributed by atoms with Crippen LogP contribution >= 0.6 is 0 Å². The molecule has 0 aliphatic rings. The highest BCUT2D eigenvalue weighted by Crippen LogP contribution is 2.19. The number of sulfone groups is 1. The van der Waals surface area contributed by atoms with E-state index in [1.165, 1.54) is 0 Å². The van der Waals surface area contributed by atoms with E-state index in [2.05, 4.69) is 0 Å². The SMILES string of the molecule is CCCC(CC)S(=O)(=O)C(C)CC. The van der Waals surface area contributed by atoms with E-state index < -0.39 is 9.84 Å². The fourth-order valence-corrected chi connectivity index (χ4v) is 3.63. The largest absolute Gasteiger partial charge is 0.228 e. The third kappa shape index (κ3) is 3.29. The van der Waals surface area contributed by atoms with Crippen molar-refractivity contribution in [3.8, 4) is 0 Å². The molecule has 0 aromatic rings. The van der Waals surface area contributed by atoms with Gasteiger partial charge in [0.05, 0.1) is 10.5 Å². The van der Waals surface area contributed by atoms with E-state index in [1.54, 1.807) is 0 Å². The van der Waals surface area contributed by atoms with Crippen molar-refractivity contribution in [2.24, 2.45) is 0 Å². The maximum absolute atomic E-state index is 11.9. The molecule has 2 atom stereocenters. The molecule has 0 saturated carbocycles. The lowest BCUT2D eigenvalue weighted by molar-refractivity contribution is 0.549. The Morgan fingerprint density at radius 1 is 1.08 bits per heavy atom. The van der Waals surface area contributed by atoms with Crippen molar-refractivity contribution < 1.29 is 8.42 Å². The zero-order valence-electron chi connectivity index (χ0n) is 9.21. The van der Waals surface area contributed by atoms with Gasteiger partial charge in [-0.05, 0) is 26.2 Å². The van der Waals surface area contributed by atoms with E-state index in [0.29, 0.717) is 0 Å². The predicted octanol–water partition coefficient (Wildman–Crippen LogP) is 2.78. The molecule has 13 heavy (non-hydrogen) atoms. The van der Waals surface area contributed by atoms with Gasteiger partial charge in [0, 0.05) is 0 Å². The molecule has 2 unspecified atom stereocenters. The Kier molecular flexibility index (Phi) is 5.61. The molecule has 0 aromatic heterocycles. The Labute approximate surface area is 82.6 Å². The first-order valence-corrected chi connectivity index (χ1v) is 6.84. The van der Waals surface area contributed by atoms with Crippen LogP contribution in [0.5, 0.6) is 0 Å². The standard InChI is InChI=1S/C10H22O2S/c1-5-8-10(7-3)13(11,12)9(4)6-2/h9-10H,5-8H2,1-4H3. The van der Waals surface area contributed by atoms with Crippen molar-refractivity contribution in [1.82, 2.24) is 0 Å². The third-order valence-corrected chi connectivity index (χ3v) is 5.62. The van der Waals surface area contributed by atoms with Crippen molar-refractivity contribution in [3.05, 3.63) is 0 Å².